The number of hydrogen-bond acceptors (Lipinski definition) is 5. The van der Waals surface area contributed by atoms with Gasteiger partial charge in [-0.05, 0) is 13.0 Å². The fraction of sp³-hybridized carbons (Fsp3) is 0.800. The van der Waals surface area contributed by atoms with Gasteiger partial charge < -0.3 is 10.3 Å². The molecule has 1 heterocycles. The molecule has 2 N–H and O–H groups in total. The van der Waals surface area contributed by atoms with Gasteiger partial charge >= 0.3 is 0 Å². The van der Waals surface area contributed by atoms with Gasteiger partial charge in [0.15, 0.2) is 5.82 Å². The molecule has 0 bridgehead atoms. The topological polar surface area (TPSA) is 64.9 Å². The summed E-state index contributed by atoms with van der Waals surface area (Å²) in [5.74, 6) is 2.61. The van der Waals surface area contributed by atoms with E-state index in [0.717, 1.165) is 30.4 Å². The van der Waals surface area contributed by atoms with Crippen LogP contribution in [0.3, 0.4) is 0 Å². The molecule has 0 radical (unpaired) electrons. The van der Waals surface area contributed by atoms with Crippen LogP contribution in [-0.2, 0) is 5.75 Å². The standard InChI is InChI=1S/C10H19N3OS/c1-7(2)10-12-9(13-14-10)6-15-8(3)4-5-11/h7-8H,4-6,11H2,1-3H3. The first kappa shape index (κ1) is 12.5. The first-order valence-corrected chi connectivity index (χ1v) is 6.32. The van der Waals surface area contributed by atoms with Crippen molar-refractivity contribution >= 4 is 11.8 Å². The Labute approximate surface area is 95.0 Å². The average Bonchev–Trinajstić information content (AvgIpc) is 2.63. The Hall–Kier alpha value is -0.550. The van der Waals surface area contributed by atoms with Crippen LogP contribution in [0, 0.1) is 0 Å². The summed E-state index contributed by atoms with van der Waals surface area (Å²) in [5, 5.41) is 4.48. The van der Waals surface area contributed by atoms with E-state index in [0.29, 0.717) is 11.2 Å². The van der Waals surface area contributed by atoms with E-state index in [1.165, 1.54) is 0 Å². The van der Waals surface area contributed by atoms with Crippen molar-refractivity contribution in [1.82, 2.24) is 10.1 Å². The van der Waals surface area contributed by atoms with Gasteiger partial charge in [0.2, 0.25) is 5.89 Å². The molecule has 1 atom stereocenters. The maximum absolute atomic E-state index is 5.48. The van der Waals surface area contributed by atoms with Gasteiger partial charge in [0, 0.05) is 11.2 Å². The number of aromatic nitrogens is 2. The van der Waals surface area contributed by atoms with Gasteiger partial charge in [0.05, 0.1) is 5.75 Å². The van der Waals surface area contributed by atoms with E-state index in [1.54, 1.807) is 0 Å². The van der Waals surface area contributed by atoms with Crippen LogP contribution in [0.25, 0.3) is 0 Å². The lowest BCUT2D eigenvalue weighted by atomic mass is 10.2. The molecule has 15 heavy (non-hydrogen) atoms. The summed E-state index contributed by atoms with van der Waals surface area (Å²) in [7, 11) is 0. The third-order valence-corrected chi connectivity index (χ3v) is 3.28. The third kappa shape index (κ3) is 4.22. The normalized spacial score (nSPS) is 13.4. The number of nitrogens with two attached hydrogens (primary N) is 1. The molecule has 0 saturated heterocycles. The van der Waals surface area contributed by atoms with E-state index in [1.807, 2.05) is 25.6 Å². The van der Waals surface area contributed by atoms with E-state index in [9.17, 15) is 0 Å². The molecule has 1 rings (SSSR count). The fourth-order valence-electron chi connectivity index (χ4n) is 1.10. The summed E-state index contributed by atoms with van der Waals surface area (Å²) in [5.41, 5.74) is 5.48. The lowest BCUT2D eigenvalue weighted by Gasteiger charge is -2.06. The highest BCUT2D eigenvalue weighted by Crippen LogP contribution is 2.19. The Morgan fingerprint density at radius 2 is 2.13 bits per heavy atom. The van der Waals surface area contributed by atoms with Crippen molar-refractivity contribution in [1.29, 1.82) is 0 Å². The number of thioether (sulfide) groups is 1. The van der Waals surface area contributed by atoms with Crippen molar-refractivity contribution in [2.45, 2.75) is 44.1 Å². The van der Waals surface area contributed by atoms with Crippen molar-refractivity contribution in [2.75, 3.05) is 6.54 Å². The number of hydrogen-bond donors (Lipinski definition) is 1. The van der Waals surface area contributed by atoms with Crippen LogP contribution in [0.2, 0.25) is 0 Å². The molecular weight excluding hydrogens is 210 g/mol. The van der Waals surface area contributed by atoms with Crippen LogP contribution < -0.4 is 5.73 Å². The molecule has 5 heteroatoms. The molecule has 1 unspecified atom stereocenters. The van der Waals surface area contributed by atoms with Crippen molar-refractivity contribution in [3.63, 3.8) is 0 Å². The largest absolute Gasteiger partial charge is 0.339 e. The van der Waals surface area contributed by atoms with Gasteiger partial charge in [-0.2, -0.15) is 16.7 Å². The summed E-state index contributed by atoms with van der Waals surface area (Å²) in [6, 6.07) is 0. The summed E-state index contributed by atoms with van der Waals surface area (Å²) >= 11 is 1.81. The first-order valence-electron chi connectivity index (χ1n) is 5.27. The molecule has 0 aliphatic rings. The predicted molar refractivity (Wildman–Crippen MR) is 62.8 cm³/mol. The average molecular weight is 229 g/mol. The maximum atomic E-state index is 5.48. The predicted octanol–water partition coefficient (Wildman–Crippen LogP) is 2.16. The Bertz CT molecular complexity index is 288. The van der Waals surface area contributed by atoms with E-state index in [-0.39, 0.29) is 0 Å². The van der Waals surface area contributed by atoms with Gasteiger partial charge in [0.1, 0.15) is 0 Å². The highest BCUT2D eigenvalue weighted by Gasteiger charge is 2.10. The summed E-state index contributed by atoms with van der Waals surface area (Å²) in [6.07, 6.45) is 1.03. The molecule has 0 fully saturated rings. The van der Waals surface area contributed by atoms with Gasteiger partial charge in [0.25, 0.3) is 0 Å². The zero-order valence-electron chi connectivity index (χ0n) is 9.56. The van der Waals surface area contributed by atoms with Crippen molar-refractivity contribution in [2.24, 2.45) is 5.73 Å². The molecule has 0 saturated carbocycles. The molecule has 0 aliphatic carbocycles. The molecule has 0 aromatic carbocycles. The minimum atomic E-state index is 0.303. The summed E-state index contributed by atoms with van der Waals surface area (Å²) in [4.78, 5) is 4.31. The van der Waals surface area contributed by atoms with Gasteiger partial charge in [-0.1, -0.05) is 25.9 Å². The molecule has 86 valence electrons. The van der Waals surface area contributed by atoms with Crippen molar-refractivity contribution < 1.29 is 4.52 Å². The second kappa shape index (κ2) is 6.12. The van der Waals surface area contributed by atoms with Gasteiger partial charge in [-0.3, -0.25) is 0 Å². The zero-order valence-corrected chi connectivity index (χ0v) is 10.4. The Morgan fingerprint density at radius 1 is 1.40 bits per heavy atom. The third-order valence-electron chi connectivity index (χ3n) is 2.05. The SMILES string of the molecule is CC(CCN)SCc1noc(C(C)C)n1. The lowest BCUT2D eigenvalue weighted by Crippen LogP contribution is -2.07. The van der Waals surface area contributed by atoms with Crippen LogP contribution in [0.4, 0.5) is 0 Å². The molecular formula is C10H19N3OS. The second-order valence-electron chi connectivity index (χ2n) is 3.90. The van der Waals surface area contributed by atoms with Gasteiger partial charge in [-0.25, -0.2) is 0 Å². The quantitative estimate of drug-likeness (QED) is 0.809. The second-order valence-corrected chi connectivity index (χ2v) is 5.33. The molecule has 0 amide bonds. The van der Waals surface area contributed by atoms with E-state index >= 15 is 0 Å². The number of rotatable bonds is 6. The Morgan fingerprint density at radius 3 is 2.67 bits per heavy atom. The van der Waals surface area contributed by atoms with Crippen LogP contribution in [0.5, 0.6) is 0 Å². The minimum Gasteiger partial charge on any atom is -0.339 e. The smallest absolute Gasteiger partial charge is 0.229 e. The molecule has 4 nitrogen and oxygen atoms in total. The fourth-order valence-corrected chi connectivity index (χ4v) is 1.95. The van der Waals surface area contributed by atoms with Crippen LogP contribution >= 0.6 is 11.8 Å². The monoisotopic (exact) mass is 229 g/mol. The Balaban J connectivity index is 2.37. The molecule has 0 spiro atoms. The highest BCUT2D eigenvalue weighted by molar-refractivity contribution is 7.99. The van der Waals surface area contributed by atoms with Crippen molar-refractivity contribution in [3.05, 3.63) is 11.7 Å². The molecule has 1 aromatic rings. The van der Waals surface area contributed by atoms with Crippen LogP contribution in [-0.4, -0.2) is 21.9 Å². The first-order chi connectivity index (χ1) is 7.13. The van der Waals surface area contributed by atoms with Crippen LogP contribution in [0.1, 0.15) is 44.8 Å². The molecule has 0 aliphatic heterocycles. The number of nitrogens with zero attached hydrogens (tertiary/aromatic N) is 2. The lowest BCUT2D eigenvalue weighted by molar-refractivity contribution is 0.362. The van der Waals surface area contributed by atoms with E-state index in [2.05, 4.69) is 17.1 Å². The zero-order chi connectivity index (χ0) is 11.3. The van der Waals surface area contributed by atoms with E-state index < -0.39 is 0 Å². The Kier molecular flexibility index (Phi) is 5.11. The van der Waals surface area contributed by atoms with Crippen LogP contribution in [0.15, 0.2) is 4.52 Å². The summed E-state index contributed by atoms with van der Waals surface area (Å²) in [6.45, 7) is 6.99. The summed E-state index contributed by atoms with van der Waals surface area (Å²) < 4.78 is 5.12. The maximum Gasteiger partial charge on any atom is 0.229 e. The minimum absolute atomic E-state index is 0.303. The van der Waals surface area contributed by atoms with Crippen molar-refractivity contribution in [3.8, 4) is 0 Å². The highest BCUT2D eigenvalue weighted by atomic mass is 32.2. The molecule has 1 aromatic heterocycles. The van der Waals surface area contributed by atoms with Gasteiger partial charge in [-0.15, -0.1) is 0 Å². The van der Waals surface area contributed by atoms with E-state index in [4.69, 9.17) is 10.3 Å².